The quantitative estimate of drug-likeness (QED) is 0.265. The van der Waals surface area contributed by atoms with Gasteiger partial charge in [-0.3, -0.25) is 14.9 Å². The molecule has 1 fully saturated rings. The topological polar surface area (TPSA) is 98.0 Å². The standard InChI is InChI=1S/C28H25FN4O5/c1-37-21-8-9-22(27(16-21)38-2)26-17-24(23-15-18(29)3-10-25(23)30-26)28(34)32-13-11-31(12-14-32)19-4-6-20(7-5-19)33(35)36/h3-10,15-17H,11-14H2,1-2H3. The third kappa shape index (κ3) is 4.80. The van der Waals surface area contributed by atoms with Crippen LogP contribution in [-0.4, -0.2) is 61.1 Å². The van der Waals surface area contributed by atoms with E-state index in [9.17, 15) is 19.3 Å². The number of carbonyl (C=O) groups is 1. The van der Waals surface area contributed by atoms with E-state index in [0.717, 1.165) is 5.69 Å². The fraction of sp³-hybridized carbons (Fsp3) is 0.214. The number of benzene rings is 3. The summed E-state index contributed by atoms with van der Waals surface area (Å²) in [6.07, 6.45) is 0. The Hall–Kier alpha value is -4.73. The normalized spacial score (nSPS) is 13.4. The molecule has 5 rings (SSSR count). The number of hydrogen-bond acceptors (Lipinski definition) is 7. The van der Waals surface area contributed by atoms with Gasteiger partial charge in [0.25, 0.3) is 11.6 Å². The maximum Gasteiger partial charge on any atom is 0.269 e. The van der Waals surface area contributed by atoms with Crippen LogP contribution in [0, 0.1) is 15.9 Å². The maximum atomic E-state index is 14.2. The number of nitrogens with zero attached hydrogens (tertiary/aromatic N) is 4. The molecule has 2 heterocycles. The highest BCUT2D eigenvalue weighted by atomic mass is 19.1. The van der Waals surface area contributed by atoms with E-state index in [1.807, 2.05) is 6.07 Å². The van der Waals surface area contributed by atoms with E-state index in [-0.39, 0.29) is 11.6 Å². The smallest absolute Gasteiger partial charge is 0.269 e. The molecule has 0 saturated carbocycles. The first-order chi connectivity index (χ1) is 18.4. The molecule has 1 saturated heterocycles. The fourth-order valence-corrected chi connectivity index (χ4v) is 4.65. The molecule has 10 heteroatoms. The van der Waals surface area contributed by atoms with Crippen LogP contribution in [-0.2, 0) is 0 Å². The number of methoxy groups -OCH3 is 2. The molecule has 0 atom stereocenters. The van der Waals surface area contributed by atoms with Gasteiger partial charge in [0.05, 0.1) is 35.9 Å². The van der Waals surface area contributed by atoms with Crippen molar-refractivity contribution in [3.8, 4) is 22.8 Å². The molecule has 4 aromatic rings. The van der Waals surface area contributed by atoms with Crippen LogP contribution in [0.5, 0.6) is 11.5 Å². The Morgan fingerprint density at radius 3 is 2.34 bits per heavy atom. The molecular formula is C28H25FN4O5. The van der Waals surface area contributed by atoms with Crippen LogP contribution in [0.4, 0.5) is 15.8 Å². The molecule has 1 aromatic heterocycles. The van der Waals surface area contributed by atoms with Crippen molar-refractivity contribution in [2.75, 3.05) is 45.3 Å². The number of piperazine rings is 1. The number of nitro groups is 1. The Balaban J connectivity index is 1.45. The lowest BCUT2D eigenvalue weighted by atomic mass is 10.0. The van der Waals surface area contributed by atoms with Gasteiger partial charge < -0.3 is 19.3 Å². The van der Waals surface area contributed by atoms with Crippen molar-refractivity contribution in [1.82, 2.24) is 9.88 Å². The van der Waals surface area contributed by atoms with Gasteiger partial charge >= 0.3 is 0 Å². The highest BCUT2D eigenvalue weighted by molar-refractivity contribution is 6.07. The number of aromatic nitrogens is 1. The van der Waals surface area contributed by atoms with Crippen LogP contribution in [0.3, 0.4) is 0 Å². The molecule has 0 radical (unpaired) electrons. The van der Waals surface area contributed by atoms with Crippen LogP contribution >= 0.6 is 0 Å². The lowest BCUT2D eigenvalue weighted by Crippen LogP contribution is -2.48. The van der Waals surface area contributed by atoms with Gasteiger partial charge in [-0.1, -0.05) is 0 Å². The summed E-state index contributed by atoms with van der Waals surface area (Å²) in [7, 11) is 3.11. The van der Waals surface area contributed by atoms with Crippen molar-refractivity contribution < 1.29 is 23.6 Å². The number of halogens is 1. The van der Waals surface area contributed by atoms with Gasteiger partial charge in [-0.25, -0.2) is 9.37 Å². The zero-order valence-electron chi connectivity index (χ0n) is 20.9. The van der Waals surface area contributed by atoms with Crippen molar-refractivity contribution in [3.05, 3.63) is 88.2 Å². The van der Waals surface area contributed by atoms with Crippen LogP contribution in [0.25, 0.3) is 22.2 Å². The van der Waals surface area contributed by atoms with E-state index in [4.69, 9.17) is 14.5 Å². The monoisotopic (exact) mass is 516 g/mol. The van der Waals surface area contributed by atoms with Crippen LogP contribution in [0.15, 0.2) is 66.7 Å². The number of nitro benzene ring substituents is 1. The highest BCUT2D eigenvalue weighted by Gasteiger charge is 2.25. The summed E-state index contributed by atoms with van der Waals surface area (Å²) in [4.78, 5) is 32.8. The summed E-state index contributed by atoms with van der Waals surface area (Å²) < 4.78 is 25.1. The summed E-state index contributed by atoms with van der Waals surface area (Å²) >= 11 is 0. The maximum absolute atomic E-state index is 14.2. The van der Waals surface area contributed by atoms with Crippen molar-refractivity contribution >= 4 is 28.2 Å². The zero-order chi connectivity index (χ0) is 26.8. The minimum atomic E-state index is -0.453. The van der Waals surface area contributed by atoms with E-state index >= 15 is 0 Å². The molecule has 38 heavy (non-hydrogen) atoms. The summed E-state index contributed by atoms with van der Waals surface area (Å²) in [5.41, 5.74) is 2.94. The van der Waals surface area contributed by atoms with E-state index < -0.39 is 10.7 Å². The predicted octanol–water partition coefficient (Wildman–Crippen LogP) is 4.93. The number of ether oxygens (including phenoxy) is 2. The Labute approximate surface area is 218 Å². The molecule has 1 amide bonds. The first-order valence-corrected chi connectivity index (χ1v) is 12.0. The second kappa shape index (κ2) is 10.3. The van der Waals surface area contributed by atoms with Gasteiger partial charge in [-0.15, -0.1) is 0 Å². The number of rotatable bonds is 6. The molecule has 1 aliphatic heterocycles. The van der Waals surface area contributed by atoms with Crippen LogP contribution < -0.4 is 14.4 Å². The molecule has 3 aromatic carbocycles. The molecule has 0 bridgehead atoms. The van der Waals surface area contributed by atoms with Gasteiger partial charge in [0, 0.05) is 61.0 Å². The molecule has 0 N–H and O–H groups in total. The summed E-state index contributed by atoms with van der Waals surface area (Å²) in [6, 6.07) is 17.6. The second-order valence-electron chi connectivity index (χ2n) is 8.84. The Morgan fingerprint density at radius 2 is 1.68 bits per heavy atom. The van der Waals surface area contributed by atoms with E-state index in [0.29, 0.717) is 65.4 Å². The number of amides is 1. The number of anilines is 1. The summed E-state index contributed by atoms with van der Waals surface area (Å²) in [5.74, 6) is 0.482. The Kier molecular flexibility index (Phi) is 6.78. The average molecular weight is 517 g/mol. The number of hydrogen-bond donors (Lipinski definition) is 0. The molecule has 1 aliphatic rings. The largest absolute Gasteiger partial charge is 0.497 e. The summed E-state index contributed by atoms with van der Waals surface area (Å²) in [6.45, 7) is 1.99. The van der Waals surface area contributed by atoms with Gasteiger partial charge in [-0.05, 0) is 48.5 Å². The molecule has 0 unspecified atom stereocenters. The van der Waals surface area contributed by atoms with E-state index in [2.05, 4.69) is 4.90 Å². The lowest BCUT2D eigenvalue weighted by Gasteiger charge is -2.36. The molecule has 9 nitrogen and oxygen atoms in total. The first-order valence-electron chi connectivity index (χ1n) is 12.0. The van der Waals surface area contributed by atoms with Crippen molar-refractivity contribution in [3.63, 3.8) is 0 Å². The first kappa shape index (κ1) is 24.9. The Morgan fingerprint density at radius 1 is 0.947 bits per heavy atom. The molecule has 194 valence electrons. The van der Waals surface area contributed by atoms with E-state index in [1.54, 1.807) is 55.5 Å². The SMILES string of the molecule is COc1ccc(-c2cc(C(=O)N3CCN(c4ccc([N+](=O)[O-])cc4)CC3)c3cc(F)ccc3n2)c(OC)c1. The van der Waals surface area contributed by atoms with Crippen molar-refractivity contribution in [2.24, 2.45) is 0 Å². The van der Waals surface area contributed by atoms with Gasteiger partial charge in [0.15, 0.2) is 0 Å². The Bertz CT molecular complexity index is 1520. The summed E-state index contributed by atoms with van der Waals surface area (Å²) in [5, 5.41) is 11.4. The van der Waals surface area contributed by atoms with E-state index in [1.165, 1.54) is 24.3 Å². The second-order valence-corrected chi connectivity index (χ2v) is 8.84. The van der Waals surface area contributed by atoms with Crippen molar-refractivity contribution in [1.29, 1.82) is 0 Å². The fourth-order valence-electron chi connectivity index (χ4n) is 4.65. The molecule has 0 spiro atoms. The highest BCUT2D eigenvalue weighted by Crippen LogP contribution is 2.35. The van der Waals surface area contributed by atoms with Gasteiger partial charge in [0.1, 0.15) is 17.3 Å². The number of carbonyl (C=O) groups excluding carboxylic acids is 1. The number of fused-ring (bicyclic) bond motifs is 1. The number of non-ortho nitro benzene ring substituents is 1. The van der Waals surface area contributed by atoms with Crippen LogP contribution in [0.1, 0.15) is 10.4 Å². The average Bonchev–Trinajstić information content (AvgIpc) is 2.96. The van der Waals surface area contributed by atoms with Crippen LogP contribution in [0.2, 0.25) is 0 Å². The number of pyridine rings is 1. The van der Waals surface area contributed by atoms with Crippen molar-refractivity contribution in [2.45, 2.75) is 0 Å². The van der Waals surface area contributed by atoms with Gasteiger partial charge in [-0.2, -0.15) is 0 Å². The molecule has 0 aliphatic carbocycles. The minimum absolute atomic E-state index is 0.0312. The third-order valence-corrected chi connectivity index (χ3v) is 6.68. The lowest BCUT2D eigenvalue weighted by molar-refractivity contribution is -0.384. The molecular weight excluding hydrogens is 491 g/mol. The predicted molar refractivity (Wildman–Crippen MR) is 141 cm³/mol. The third-order valence-electron chi connectivity index (χ3n) is 6.68. The minimum Gasteiger partial charge on any atom is -0.497 e. The zero-order valence-corrected chi connectivity index (χ0v) is 20.9. The van der Waals surface area contributed by atoms with Gasteiger partial charge in [0.2, 0.25) is 0 Å².